The summed E-state index contributed by atoms with van der Waals surface area (Å²) in [6, 6.07) is 4.16. The topological polar surface area (TPSA) is 63.5 Å². The highest BCUT2D eigenvalue weighted by molar-refractivity contribution is 9.10. The van der Waals surface area contributed by atoms with Crippen LogP contribution in [0.15, 0.2) is 34.8 Å². The number of carbonyl (C=O) groups excluding carboxylic acids is 1. The molecule has 0 aliphatic heterocycles. The Hall–Kier alpha value is -1.69. The number of carbonyl (C=O) groups is 1. The minimum atomic E-state index is -0.500. The van der Waals surface area contributed by atoms with Crippen molar-refractivity contribution in [1.29, 1.82) is 0 Å². The fraction of sp³-hybridized carbons (Fsp3) is 0.471. The Morgan fingerprint density at radius 3 is 2.43 bits per heavy atom. The minimum absolute atomic E-state index is 0.0575. The summed E-state index contributed by atoms with van der Waals surface area (Å²) in [4.78, 5) is 25.2. The van der Waals surface area contributed by atoms with Gasteiger partial charge in [0.1, 0.15) is 0 Å². The summed E-state index contributed by atoms with van der Waals surface area (Å²) < 4.78 is 0.543. The highest BCUT2D eigenvalue weighted by Crippen LogP contribution is 2.29. The number of nitro groups is 1. The van der Waals surface area contributed by atoms with E-state index in [0.29, 0.717) is 11.0 Å². The van der Waals surface area contributed by atoms with Crippen LogP contribution >= 0.6 is 15.9 Å². The maximum atomic E-state index is 13.0. The molecule has 0 fully saturated rings. The van der Waals surface area contributed by atoms with Gasteiger partial charge >= 0.3 is 0 Å². The van der Waals surface area contributed by atoms with Gasteiger partial charge in [0.15, 0.2) is 0 Å². The van der Waals surface area contributed by atoms with E-state index in [2.05, 4.69) is 43.3 Å². The van der Waals surface area contributed by atoms with Gasteiger partial charge in [-0.3, -0.25) is 14.9 Å². The zero-order chi connectivity index (χ0) is 17.9. The Morgan fingerprint density at radius 1 is 1.43 bits per heavy atom. The Kier molecular flexibility index (Phi) is 6.11. The first-order valence-electron chi connectivity index (χ1n) is 7.34. The van der Waals surface area contributed by atoms with Crippen LogP contribution in [0.3, 0.4) is 0 Å². The number of amides is 1. The van der Waals surface area contributed by atoms with Gasteiger partial charge in [0.2, 0.25) is 0 Å². The average Bonchev–Trinajstić information content (AvgIpc) is 2.42. The summed E-state index contributed by atoms with van der Waals surface area (Å²) in [7, 11) is 0. The fourth-order valence-electron chi connectivity index (χ4n) is 2.09. The van der Waals surface area contributed by atoms with Crippen LogP contribution < -0.4 is 0 Å². The predicted octanol–water partition coefficient (Wildman–Crippen LogP) is 4.81. The second-order valence-corrected chi connectivity index (χ2v) is 7.71. The molecule has 1 aromatic rings. The average molecular weight is 383 g/mol. The first-order chi connectivity index (χ1) is 10.4. The number of rotatable bonds is 5. The molecule has 0 bridgehead atoms. The first-order valence-corrected chi connectivity index (χ1v) is 8.13. The number of hydrogen-bond acceptors (Lipinski definition) is 3. The van der Waals surface area contributed by atoms with Crippen molar-refractivity contribution in [3.8, 4) is 0 Å². The molecule has 23 heavy (non-hydrogen) atoms. The maximum absolute atomic E-state index is 13.0. The predicted molar refractivity (Wildman–Crippen MR) is 95.6 cm³/mol. The van der Waals surface area contributed by atoms with Crippen LogP contribution in [0.1, 0.15) is 45.0 Å². The number of non-ortho nitro benzene ring substituents is 1. The molecule has 0 aromatic heterocycles. The van der Waals surface area contributed by atoms with Crippen molar-refractivity contribution in [2.45, 2.75) is 40.7 Å². The van der Waals surface area contributed by atoms with Gasteiger partial charge in [0.25, 0.3) is 11.6 Å². The largest absolute Gasteiger partial charge is 0.331 e. The van der Waals surface area contributed by atoms with E-state index in [1.165, 1.54) is 18.2 Å². The van der Waals surface area contributed by atoms with Gasteiger partial charge in [0, 0.05) is 29.2 Å². The first kappa shape index (κ1) is 19.4. The molecule has 1 aromatic carbocycles. The van der Waals surface area contributed by atoms with Crippen LogP contribution in [0, 0.1) is 15.5 Å². The van der Waals surface area contributed by atoms with E-state index in [1.54, 1.807) is 4.90 Å². The maximum Gasteiger partial charge on any atom is 0.270 e. The summed E-state index contributed by atoms with van der Waals surface area (Å²) in [6.07, 6.45) is 0. The van der Waals surface area contributed by atoms with Crippen LogP contribution in [0.4, 0.5) is 5.69 Å². The Labute approximate surface area is 145 Å². The lowest BCUT2D eigenvalue weighted by Crippen LogP contribution is -2.46. The van der Waals surface area contributed by atoms with Crippen molar-refractivity contribution < 1.29 is 9.72 Å². The standard InChI is InChI=1S/C17H23BrN2O3/c1-11(2)10-19(12(3)17(4,5)6)16(21)14-9-13(20(22)23)7-8-15(14)18/h7-9,12H,1,10H2,2-6H3/t12-/m1/s1. The molecule has 0 unspecified atom stereocenters. The second kappa shape index (κ2) is 7.25. The molecule has 0 radical (unpaired) electrons. The quantitative estimate of drug-likeness (QED) is 0.416. The molecule has 0 aliphatic rings. The van der Waals surface area contributed by atoms with Gasteiger partial charge in [0.05, 0.1) is 10.5 Å². The Bertz CT molecular complexity index is 635. The van der Waals surface area contributed by atoms with Crippen LogP contribution in [-0.4, -0.2) is 28.3 Å². The van der Waals surface area contributed by atoms with Crippen molar-refractivity contribution in [3.05, 3.63) is 50.5 Å². The van der Waals surface area contributed by atoms with E-state index < -0.39 is 4.92 Å². The fourth-order valence-corrected chi connectivity index (χ4v) is 2.50. The number of halogens is 1. The molecular weight excluding hydrogens is 360 g/mol. The van der Waals surface area contributed by atoms with Gasteiger partial charge < -0.3 is 4.90 Å². The molecule has 0 N–H and O–H groups in total. The van der Waals surface area contributed by atoms with Crippen LogP contribution in [-0.2, 0) is 0 Å². The molecule has 126 valence electrons. The Morgan fingerprint density at radius 2 is 2.00 bits per heavy atom. The summed E-state index contributed by atoms with van der Waals surface area (Å²) in [5.74, 6) is -0.244. The van der Waals surface area contributed by atoms with Crippen molar-refractivity contribution in [2.75, 3.05) is 6.54 Å². The lowest BCUT2D eigenvalue weighted by molar-refractivity contribution is -0.384. The summed E-state index contributed by atoms with van der Waals surface area (Å²) in [5, 5.41) is 11.0. The minimum Gasteiger partial charge on any atom is -0.331 e. The molecule has 0 aliphatic carbocycles. The zero-order valence-corrected chi connectivity index (χ0v) is 15.8. The molecule has 1 amide bonds. The van der Waals surface area contributed by atoms with E-state index in [9.17, 15) is 14.9 Å². The normalized spacial score (nSPS) is 12.6. The van der Waals surface area contributed by atoms with Crippen LogP contribution in [0.25, 0.3) is 0 Å². The zero-order valence-electron chi connectivity index (χ0n) is 14.2. The van der Waals surface area contributed by atoms with Gasteiger partial charge in [-0.2, -0.15) is 0 Å². The van der Waals surface area contributed by atoms with Gasteiger partial charge in [-0.25, -0.2) is 0 Å². The van der Waals surface area contributed by atoms with E-state index in [4.69, 9.17) is 0 Å². The molecule has 5 nitrogen and oxygen atoms in total. The monoisotopic (exact) mass is 382 g/mol. The van der Waals surface area contributed by atoms with E-state index in [-0.39, 0.29) is 28.6 Å². The highest BCUT2D eigenvalue weighted by Gasteiger charge is 2.31. The molecular formula is C17H23BrN2O3. The van der Waals surface area contributed by atoms with E-state index in [0.717, 1.165) is 5.57 Å². The number of benzene rings is 1. The van der Waals surface area contributed by atoms with Crippen molar-refractivity contribution in [2.24, 2.45) is 5.41 Å². The van der Waals surface area contributed by atoms with Gasteiger partial charge in [-0.05, 0) is 41.3 Å². The van der Waals surface area contributed by atoms with E-state index >= 15 is 0 Å². The third kappa shape index (κ3) is 4.89. The van der Waals surface area contributed by atoms with Crippen LogP contribution in [0.5, 0.6) is 0 Å². The van der Waals surface area contributed by atoms with Gasteiger partial charge in [-0.1, -0.05) is 32.9 Å². The SMILES string of the molecule is C=C(C)CN(C(=O)c1cc([N+](=O)[O-])ccc1Br)[C@H](C)C(C)(C)C. The number of nitrogens with zero attached hydrogens (tertiary/aromatic N) is 2. The number of hydrogen-bond donors (Lipinski definition) is 0. The Balaban J connectivity index is 3.32. The molecule has 0 saturated carbocycles. The number of nitro benzene ring substituents is 1. The molecule has 0 spiro atoms. The third-order valence-corrected chi connectivity index (χ3v) is 4.50. The molecule has 1 atom stereocenters. The summed E-state index contributed by atoms with van der Waals surface area (Å²) in [6.45, 7) is 14.3. The molecule has 6 heteroatoms. The molecule has 0 heterocycles. The van der Waals surface area contributed by atoms with Crippen LogP contribution in [0.2, 0.25) is 0 Å². The highest BCUT2D eigenvalue weighted by atomic mass is 79.9. The molecule has 0 saturated heterocycles. The van der Waals surface area contributed by atoms with Crippen molar-refractivity contribution in [1.82, 2.24) is 4.90 Å². The van der Waals surface area contributed by atoms with Gasteiger partial charge in [-0.15, -0.1) is 0 Å². The van der Waals surface area contributed by atoms with E-state index in [1.807, 2.05) is 13.8 Å². The third-order valence-electron chi connectivity index (χ3n) is 3.81. The lowest BCUT2D eigenvalue weighted by Gasteiger charge is -2.38. The lowest BCUT2D eigenvalue weighted by atomic mass is 9.86. The molecule has 1 rings (SSSR count). The van der Waals surface area contributed by atoms with Crippen molar-refractivity contribution in [3.63, 3.8) is 0 Å². The second-order valence-electron chi connectivity index (χ2n) is 6.85. The summed E-state index contributed by atoms with van der Waals surface area (Å²) in [5.41, 5.74) is 0.918. The smallest absolute Gasteiger partial charge is 0.270 e. The summed E-state index contributed by atoms with van der Waals surface area (Å²) >= 11 is 3.32. The van der Waals surface area contributed by atoms with Crippen molar-refractivity contribution >= 4 is 27.5 Å².